The van der Waals surface area contributed by atoms with Gasteiger partial charge >= 0.3 is 0 Å². The van der Waals surface area contributed by atoms with Crippen molar-refractivity contribution in [3.8, 4) is 0 Å². The fraction of sp³-hybridized carbons (Fsp3) is 1.00. The largest absolute Gasteiger partial charge is 0.0753 e. The summed E-state index contributed by atoms with van der Waals surface area (Å²) in [5, 5.41) is 0.0752. The van der Waals surface area contributed by atoms with Crippen LogP contribution in [0.3, 0.4) is 0 Å². The Morgan fingerprint density at radius 2 is 1.42 bits per heavy atom. The van der Waals surface area contributed by atoms with Gasteiger partial charge in [-0.25, -0.2) is 0 Å². The molecule has 0 aromatic heterocycles. The van der Waals surface area contributed by atoms with Crippen LogP contribution in [0, 0.1) is 17.3 Å². The van der Waals surface area contributed by atoms with Crippen LogP contribution in [0.1, 0.15) is 47.5 Å². The summed E-state index contributed by atoms with van der Waals surface area (Å²) in [6, 6.07) is 0. The molecule has 0 spiro atoms. The smallest absolute Gasteiger partial charge is 0.0623 e. The van der Waals surface area contributed by atoms with Gasteiger partial charge in [-0.15, -0.1) is 0 Å². The quantitative estimate of drug-likeness (QED) is 0.481. The molecule has 0 N–H and O–H groups in total. The zero-order valence-corrected chi connectivity index (χ0v) is 9.15. The number of hydrogen-bond donors (Lipinski definition) is 0. The minimum atomic E-state index is 0.0752. The van der Waals surface area contributed by atoms with E-state index in [0.717, 1.165) is 11.8 Å². The Hall–Kier alpha value is 0.0649. The molecule has 1 aliphatic rings. The third kappa shape index (κ3) is 1.55. The molecule has 0 bridgehead atoms. The summed E-state index contributed by atoms with van der Waals surface area (Å²) in [5.74, 6) is 1.60. The van der Waals surface area contributed by atoms with E-state index in [1.54, 1.807) is 0 Å². The first-order valence-electron chi connectivity index (χ1n) is 5.05. The monoisotopic (exact) mass is 164 g/mol. The summed E-state index contributed by atoms with van der Waals surface area (Å²) in [6.45, 7) is 11.4. The maximum atomic E-state index is 6.42. The maximum Gasteiger partial charge on any atom is 0.0753 e. The zero-order valence-electron chi connectivity index (χ0n) is 9.15. The van der Waals surface area contributed by atoms with Gasteiger partial charge in [0.2, 0.25) is 0 Å². The highest BCUT2D eigenvalue weighted by atomic mass is 14.5. The molecule has 2 atom stereocenters. The highest BCUT2D eigenvalue weighted by Gasteiger charge is 2.44. The molecule has 12 heavy (non-hydrogen) atoms. The average molecular weight is 164 g/mol. The predicted molar refractivity (Wildman–Crippen MR) is 55.5 cm³/mol. The van der Waals surface area contributed by atoms with E-state index in [2.05, 4.69) is 34.6 Å². The molecule has 1 rings (SSSR count). The fourth-order valence-corrected chi connectivity index (χ4v) is 2.25. The van der Waals surface area contributed by atoms with Crippen LogP contribution in [0.5, 0.6) is 0 Å². The first kappa shape index (κ1) is 10.1. The lowest BCUT2D eigenvalue weighted by atomic mass is 9.53. The molecule has 1 heteroatoms. The van der Waals surface area contributed by atoms with E-state index in [-0.39, 0.29) is 10.7 Å². The van der Waals surface area contributed by atoms with Crippen molar-refractivity contribution in [1.82, 2.24) is 0 Å². The summed E-state index contributed by atoms with van der Waals surface area (Å²) in [4.78, 5) is 0. The molecule has 68 valence electrons. The molecule has 0 aromatic rings. The molecule has 0 amide bonds. The Bertz CT molecular complexity index is 156. The number of rotatable bonds is 0. The van der Waals surface area contributed by atoms with Crippen molar-refractivity contribution in [2.45, 2.75) is 52.8 Å². The minimum absolute atomic E-state index is 0.0752. The van der Waals surface area contributed by atoms with Gasteiger partial charge in [-0.2, -0.15) is 0 Å². The van der Waals surface area contributed by atoms with Crippen LogP contribution in [0.4, 0.5) is 0 Å². The van der Waals surface area contributed by atoms with Crippen molar-refractivity contribution in [2.24, 2.45) is 17.3 Å². The van der Waals surface area contributed by atoms with Crippen LogP contribution in [-0.4, -0.2) is 7.85 Å². The lowest BCUT2D eigenvalue weighted by molar-refractivity contribution is 0.258. The van der Waals surface area contributed by atoms with Crippen molar-refractivity contribution in [2.75, 3.05) is 0 Å². The first-order valence-corrected chi connectivity index (χ1v) is 5.05. The van der Waals surface area contributed by atoms with Gasteiger partial charge < -0.3 is 0 Å². The van der Waals surface area contributed by atoms with Gasteiger partial charge in [0.15, 0.2) is 0 Å². The molecule has 0 saturated heterocycles. The minimum Gasteiger partial charge on any atom is -0.0623 e. The van der Waals surface area contributed by atoms with Gasteiger partial charge in [0.25, 0.3) is 0 Å². The number of hydrogen-bond acceptors (Lipinski definition) is 0. The Labute approximate surface area is 78.5 Å². The SMILES string of the molecule is [B]C1(C(C)(C)C)CC(C)C(C)C1. The molecular formula is C11H21B. The van der Waals surface area contributed by atoms with E-state index in [1.807, 2.05) is 0 Å². The topological polar surface area (TPSA) is 0 Å². The maximum absolute atomic E-state index is 6.42. The van der Waals surface area contributed by atoms with E-state index in [4.69, 9.17) is 7.85 Å². The molecule has 0 heterocycles. The summed E-state index contributed by atoms with van der Waals surface area (Å²) in [7, 11) is 6.42. The summed E-state index contributed by atoms with van der Waals surface area (Å²) < 4.78 is 0. The second-order valence-corrected chi connectivity index (χ2v) is 5.77. The Morgan fingerprint density at radius 1 is 1.08 bits per heavy atom. The fourth-order valence-electron chi connectivity index (χ4n) is 2.25. The molecule has 0 aliphatic heterocycles. The van der Waals surface area contributed by atoms with Gasteiger partial charge in [-0.1, -0.05) is 52.8 Å². The third-order valence-corrected chi connectivity index (χ3v) is 3.84. The highest BCUT2D eigenvalue weighted by Crippen LogP contribution is 2.58. The van der Waals surface area contributed by atoms with Crippen LogP contribution >= 0.6 is 0 Å². The van der Waals surface area contributed by atoms with Crippen molar-refractivity contribution in [3.05, 3.63) is 0 Å². The van der Waals surface area contributed by atoms with E-state index >= 15 is 0 Å². The molecule has 0 nitrogen and oxygen atoms in total. The van der Waals surface area contributed by atoms with E-state index in [9.17, 15) is 0 Å². The van der Waals surface area contributed by atoms with Gasteiger partial charge in [-0.05, 0) is 17.3 Å². The summed E-state index contributed by atoms with van der Waals surface area (Å²) in [6.07, 6.45) is 2.38. The van der Waals surface area contributed by atoms with Crippen LogP contribution in [-0.2, 0) is 0 Å². The van der Waals surface area contributed by atoms with Crippen molar-refractivity contribution >= 4 is 7.85 Å². The lowest BCUT2D eigenvalue weighted by Gasteiger charge is -2.40. The molecule has 1 saturated carbocycles. The second kappa shape index (κ2) is 2.78. The van der Waals surface area contributed by atoms with Crippen LogP contribution < -0.4 is 0 Å². The first-order chi connectivity index (χ1) is 5.26. The molecule has 1 fully saturated rings. The van der Waals surface area contributed by atoms with Gasteiger partial charge in [0, 0.05) is 0 Å². The van der Waals surface area contributed by atoms with Gasteiger partial charge in [0.05, 0.1) is 7.85 Å². The Balaban J connectivity index is 2.77. The molecule has 2 radical (unpaired) electrons. The third-order valence-electron chi connectivity index (χ3n) is 3.84. The van der Waals surface area contributed by atoms with Crippen molar-refractivity contribution < 1.29 is 0 Å². The summed E-state index contributed by atoms with van der Waals surface area (Å²) in [5.41, 5.74) is 0.256. The van der Waals surface area contributed by atoms with Gasteiger partial charge in [-0.3, -0.25) is 0 Å². The normalized spacial score (nSPS) is 43.4. The molecule has 1 aliphatic carbocycles. The summed E-state index contributed by atoms with van der Waals surface area (Å²) >= 11 is 0. The van der Waals surface area contributed by atoms with E-state index in [1.165, 1.54) is 12.8 Å². The highest BCUT2D eigenvalue weighted by molar-refractivity contribution is 6.16. The van der Waals surface area contributed by atoms with Crippen LogP contribution in [0.15, 0.2) is 0 Å². The second-order valence-electron chi connectivity index (χ2n) is 5.77. The molecule has 0 aromatic carbocycles. The molecule has 2 unspecified atom stereocenters. The Kier molecular flexibility index (Phi) is 2.35. The predicted octanol–water partition coefficient (Wildman–Crippen LogP) is 3.43. The molecular weight excluding hydrogens is 143 g/mol. The lowest BCUT2D eigenvalue weighted by Crippen LogP contribution is -2.26. The van der Waals surface area contributed by atoms with Crippen LogP contribution in [0.2, 0.25) is 5.31 Å². The van der Waals surface area contributed by atoms with E-state index in [0.29, 0.717) is 0 Å². The van der Waals surface area contributed by atoms with Gasteiger partial charge in [0.1, 0.15) is 0 Å². The van der Waals surface area contributed by atoms with Crippen molar-refractivity contribution in [1.29, 1.82) is 0 Å². The van der Waals surface area contributed by atoms with Crippen LogP contribution in [0.25, 0.3) is 0 Å². The average Bonchev–Trinajstić information content (AvgIpc) is 2.06. The Morgan fingerprint density at radius 3 is 1.58 bits per heavy atom. The standard InChI is InChI=1S/C11H21B/c1-8-6-11(12,7-9(8)2)10(3,4)5/h8-9H,6-7H2,1-5H3. The van der Waals surface area contributed by atoms with E-state index < -0.39 is 0 Å². The van der Waals surface area contributed by atoms with Crippen molar-refractivity contribution in [3.63, 3.8) is 0 Å². The zero-order chi connectivity index (χ0) is 9.57.